The number of piperidine rings is 1. The molecule has 0 bridgehead atoms. The van der Waals surface area contributed by atoms with Crippen molar-refractivity contribution in [2.45, 2.75) is 79.1 Å². The normalized spacial score (nSPS) is 16.6. The number of rotatable bonds is 8. The number of anilines is 3. The average molecular weight is 685 g/mol. The number of nitrogens with two attached hydrogens (primary N) is 1. The van der Waals surface area contributed by atoms with Crippen molar-refractivity contribution in [1.29, 1.82) is 0 Å². The number of aromatic nitrogens is 5. The van der Waals surface area contributed by atoms with Gasteiger partial charge in [0, 0.05) is 50.3 Å². The zero-order valence-electron chi connectivity index (χ0n) is 29.2. The summed E-state index contributed by atoms with van der Waals surface area (Å²) >= 11 is 6.95. The lowest BCUT2D eigenvalue weighted by molar-refractivity contribution is -0.166. The van der Waals surface area contributed by atoms with E-state index in [4.69, 9.17) is 31.8 Å². The van der Waals surface area contributed by atoms with E-state index in [2.05, 4.69) is 61.8 Å². The molecule has 0 amide bonds. The van der Waals surface area contributed by atoms with Crippen molar-refractivity contribution < 1.29 is 14.3 Å². The highest BCUT2D eigenvalue weighted by Gasteiger charge is 2.38. The predicted molar refractivity (Wildman–Crippen MR) is 192 cm³/mol. The maximum Gasteiger partial charge on any atom is 0.340 e. The Balaban J connectivity index is 1.41. The number of nitrogen functional groups attached to an aromatic ring is 1. The molecule has 2 aliphatic heterocycles. The Morgan fingerprint density at radius 1 is 1.00 bits per heavy atom. The number of hydrogen-bond acceptors (Lipinski definition) is 11. The molecule has 49 heavy (non-hydrogen) atoms. The third kappa shape index (κ3) is 7.63. The summed E-state index contributed by atoms with van der Waals surface area (Å²) in [7, 11) is 0. The number of esters is 1. The summed E-state index contributed by atoms with van der Waals surface area (Å²) in [6.07, 6.45) is 8.38. The molecule has 0 saturated carbocycles. The lowest BCUT2D eigenvalue weighted by Crippen LogP contribution is -2.39. The summed E-state index contributed by atoms with van der Waals surface area (Å²) in [5.41, 5.74) is 13.0. The van der Waals surface area contributed by atoms with Crippen LogP contribution in [0.2, 0.25) is 5.15 Å². The second-order valence-corrected chi connectivity index (χ2v) is 14.8. The lowest BCUT2D eigenvalue weighted by Gasteiger charge is -2.41. The highest BCUT2D eigenvalue weighted by atomic mass is 35.5. The number of ether oxygens (including phenoxy) is 2. The van der Waals surface area contributed by atoms with Gasteiger partial charge in [0.1, 0.15) is 16.7 Å². The number of carbonyl (C=O) groups is 1. The van der Waals surface area contributed by atoms with Crippen LogP contribution < -0.4 is 15.5 Å². The van der Waals surface area contributed by atoms with Gasteiger partial charge in [0.15, 0.2) is 6.10 Å². The Morgan fingerprint density at radius 2 is 1.78 bits per heavy atom. The van der Waals surface area contributed by atoms with E-state index in [0.29, 0.717) is 29.6 Å². The molecule has 2 aliphatic rings. The fraction of sp³-hybridized carbons (Fsp3) is 0.459. The summed E-state index contributed by atoms with van der Waals surface area (Å²) in [4.78, 5) is 40.6. The van der Waals surface area contributed by atoms with Crippen molar-refractivity contribution in [2.24, 2.45) is 5.41 Å². The van der Waals surface area contributed by atoms with E-state index in [-0.39, 0.29) is 17.2 Å². The molecule has 2 N–H and O–H groups in total. The zero-order valence-corrected chi connectivity index (χ0v) is 29.9. The SMILES string of the molecule is CCOC(=O)[C@@H](OC(C)(C)C)c1c(Cl)nc(N)c(-c2ccc3c(c2)CCN(c2nccc(-c4cnccn4)n2)C3)c1N1CCC(C)(C)CC1. The third-order valence-electron chi connectivity index (χ3n) is 9.11. The highest BCUT2D eigenvalue weighted by molar-refractivity contribution is 6.31. The van der Waals surface area contributed by atoms with Crippen molar-refractivity contribution in [2.75, 3.05) is 41.8 Å². The smallest absolute Gasteiger partial charge is 0.340 e. The Bertz CT molecular complexity index is 1820. The third-order valence-corrected chi connectivity index (χ3v) is 9.40. The first-order chi connectivity index (χ1) is 23.3. The maximum absolute atomic E-state index is 13.6. The van der Waals surface area contributed by atoms with Crippen LogP contribution >= 0.6 is 11.6 Å². The molecule has 1 saturated heterocycles. The van der Waals surface area contributed by atoms with E-state index in [1.54, 1.807) is 31.7 Å². The lowest BCUT2D eigenvalue weighted by atomic mass is 9.82. The second-order valence-electron chi connectivity index (χ2n) is 14.4. The summed E-state index contributed by atoms with van der Waals surface area (Å²) in [5.74, 6) is 0.443. The molecule has 11 nitrogen and oxygen atoms in total. The maximum atomic E-state index is 13.6. The first kappa shape index (κ1) is 34.5. The molecule has 1 fully saturated rings. The van der Waals surface area contributed by atoms with Gasteiger partial charge >= 0.3 is 5.97 Å². The van der Waals surface area contributed by atoms with Crippen LogP contribution in [-0.2, 0) is 27.2 Å². The number of fused-ring (bicyclic) bond motifs is 1. The van der Waals surface area contributed by atoms with E-state index in [1.807, 2.05) is 26.8 Å². The number of carbonyl (C=O) groups excluding carboxylic acids is 1. The van der Waals surface area contributed by atoms with Gasteiger partial charge in [-0.1, -0.05) is 43.6 Å². The minimum atomic E-state index is -1.09. The van der Waals surface area contributed by atoms with Crippen LogP contribution in [0.15, 0.2) is 49.1 Å². The number of hydrogen-bond donors (Lipinski definition) is 1. The Morgan fingerprint density at radius 3 is 2.47 bits per heavy atom. The van der Waals surface area contributed by atoms with Gasteiger partial charge in [-0.05, 0) is 75.1 Å². The van der Waals surface area contributed by atoms with E-state index >= 15 is 0 Å². The van der Waals surface area contributed by atoms with E-state index in [0.717, 1.165) is 61.4 Å². The monoisotopic (exact) mass is 684 g/mol. The van der Waals surface area contributed by atoms with Crippen LogP contribution in [0.3, 0.4) is 0 Å². The van der Waals surface area contributed by atoms with Gasteiger partial charge in [-0.2, -0.15) is 0 Å². The molecule has 4 aromatic rings. The van der Waals surface area contributed by atoms with Gasteiger partial charge in [-0.25, -0.2) is 19.7 Å². The number of nitrogens with zero attached hydrogens (tertiary/aromatic N) is 7. The Labute approximate surface area is 293 Å². The zero-order chi connectivity index (χ0) is 34.9. The van der Waals surface area contributed by atoms with Crippen LogP contribution in [0.1, 0.15) is 77.2 Å². The molecule has 6 rings (SSSR count). The van der Waals surface area contributed by atoms with Crippen molar-refractivity contribution in [3.05, 3.63) is 70.9 Å². The van der Waals surface area contributed by atoms with Crippen LogP contribution in [-0.4, -0.2) is 62.7 Å². The Kier molecular flexibility index (Phi) is 9.77. The van der Waals surface area contributed by atoms with Crippen LogP contribution in [0.25, 0.3) is 22.5 Å². The van der Waals surface area contributed by atoms with Crippen molar-refractivity contribution in [1.82, 2.24) is 24.9 Å². The molecule has 258 valence electrons. The summed E-state index contributed by atoms with van der Waals surface area (Å²) in [6, 6.07) is 8.24. The minimum absolute atomic E-state index is 0.140. The predicted octanol–water partition coefficient (Wildman–Crippen LogP) is 6.84. The number of halogens is 1. The molecular formula is C37H45ClN8O3. The molecule has 1 aromatic carbocycles. The molecule has 3 aromatic heterocycles. The van der Waals surface area contributed by atoms with Gasteiger partial charge in [-0.15, -0.1) is 0 Å². The van der Waals surface area contributed by atoms with Gasteiger partial charge in [-0.3, -0.25) is 9.97 Å². The van der Waals surface area contributed by atoms with Crippen molar-refractivity contribution in [3.63, 3.8) is 0 Å². The van der Waals surface area contributed by atoms with E-state index in [9.17, 15) is 4.79 Å². The van der Waals surface area contributed by atoms with Gasteiger partial charge in [0.25, 0.3) is 0 Å². The van der Waals surface area contributed by atoms with E-state index in [1.165, 1.54) is 11.1 Å². The standard InChI is InChI=1S/C37H45ClN8O3/c1-7-48-34(47)31(49-36(2,3)4)29-30(45-18-12-37(5,6)13-19-45)28(33(39)44-32(29)38)24-8-9-25-22-46(17-11-23(25)20-24)35-42-14-10-26(43-35)27-21-40-15-16-41-27/h8-10,14-16,20-21,31H,7,11-13,17-19,22H2,1-6H3,(H2,39,44)/t31-/m0/s1. The first-order valence-electron chi connectivity index (χ1n) is 16.9. The molecule has 5 heterocycles. The second kappa shape index (κ2) is 13.9. The number of benzene rings is 1. The number of pyridine rings is 1. The van der Waals surface area contributed by atoms with Gasteiger partial charge in [0.05, 0.1) is 35.3 Å². The molecular weight excluding hydrogens is 640 g/mol. The summed E-state index contributed by atoms with van der Waals surface area (Å²) in [5, 5.41) is 0.140. The van der Waals surface area contributed by atoms with Gasteiger partial charge < -0.3 is 25.0 Å². The topological polar surface area (TPSA) is 132 Å². The molecule has 12 heteroatoms. The quantitative estimate of drug-likeness (QED) is 0.155. The highest BCUT2D eigenvalue weighted by Crippen LogP contribution is 2.47. The molecule has 0 spiro atoms. The van der Waals surface area contributed by atoms with Crippen molar-refractivity contribution >= 4 is 35.0 Å². The Hall–Kier alpha value is -4.35. The molecule has 1 atom stereocenters. The summed E-state index contributed by atoms with van der Waals surface area (Å²) in [6.45, 7) is 15.2. The fourth-order valence-electron chi connectivity index (χ4n) is 6.51. The van der Waals surface area contributed by atoms with Gasteiger partial charge in [0.2, 0.25) is 5.95 Å². The largest absolute Gasteiger partial charge is 0.464 e. The average Bonchev–Trinajstić information content (AvgIpc) is 3.07. The van der Waals surface area contributed by atoms with Crippen LogP contribution in [0.5, 0.6) is 0 Å². The first-order valence-corrected chi connectivity index (χ1v) is 17.3. The van der Waals surface area contributed by atoms with Crippen LogP contribution in [0.4, 0.5) is 17.5 Å². The molecule has 0 radical (unpaired) electrons. The van der Waals surface area contributed by atoms with E-state index < -0.39 is 17.7 Å². The van der Waals surface area contributed by atoms with Crippen molar-refractivity contribution in [3.8, 4) is 22.5 Å². The van der Waals surface area contributed by atoms with Crippen LogP contribution in [0, 0.1) is 5.41 Å². The fourth-order valence-corrected chi connectivity index (χ4v) is 6.79. The summed E-state index contributed by atoms with van der Waals surface area (Å²) < 4.78 is 12.0. The molecule has 0 aliphatic carbocycles. The minimum Gasteiger partial charge on any atom is -0.464 e. The molecule has 0 unspecified atom stereocenters.